The Morgan fingerprint density at radius 2 is 1.82 bits per heavy atom. The molecule has 1 N–H and O–H groups in total. The first-order chi connectivity index (χ1) is 8.11. The minimum atomic E-state index is 1.06. The molecular formula is C16H25N. The average Bonchev–Trinajstić information content (AvgIpc) is 2.23. The molecule has 0 amide bonds. The SMILES string of the molecule is CCNCCC=C(C)Cc1cc(C)cc(C)c1. The zero-order chi connectivity index (χ0) is 12.7. The van der Waals surface area contributed by atoms with Gasteiger partial charge in [-0.1, -0.05) is 47.9 Å². The first kappa shape index (κ1) is 14.0. The number of nitrogens with one attached hydrogen (secondary N) is 1. The third kappa shape index (κ3) is 5.69. The number of aryl methyl sites for hydroxylation is 2. The van der Waals surface area contributed by atoms with Gasteiger partial charge in [0.15, 0.2) is 0 Å². The van der Waals surface area contributed by atoms with Crippen LogP contribution in [-0.2, 0) is 6.42 Å². The van der Waals surface area contributed by atoms with Crippen LogP contribution in [0.4, 0.5) is 0 Å². The van der Waals surface area contributed by atoms with Crippen molar-refractivity contribution in [2.24, 2.45) is 0 Å². The maximum absolute atomic E-state index is 3.34. The van der Waals surface area contributed by atoms with E-state index in [2.05, 4.69) is 57.3 Å². The van der Waals surface area contributed by atoms with E-state index in [0.29, 0.717) is 0 Å². The second kappa shape index (κ2) is 7.29. The normalized spacial score (nSPS) is 11.9. The van der Waals surface area contributed by atoms with Crippen molar-refractivity contribution >= 4 is 0 Å². The largest absolute Gasteiger partial charge is 0.317 e. The maximum Gasteiger partial charge on any atom is -0.00143 e. The van der Waals surface area contributed by atoms with Crippen molar-refractivity contribution in [3.63, 3.8) is 0 Å². The van der Waals surface area contributed by atoms with Gasteiger partial charge < -0.3 is 5.32 Å². The van der Waals surface area contributed by atoms with Gasteiger partial charge in [0.1, 0.15) is 0 Å². The van der Waals surface area contributed by atoms with Crippen LogP contribution in [0.3, 0.4) is 0 Å². The number of rotatable bonds is 6. The highest BCUT2D eigenvalue weighted by molar-refractivity contribution is 5.31. The summed E-state index contributed by atoms with van der Waals surface area (Å²) in [6, 6.07) is 6.80. The van der Waals surface area contributed by atoms with Crippen molar-refractivity contribution in [2.45, 2.75) is 40.5 Å². The molecule has 0 radical (unpaired) electrons. The minimum Gasteiger partial charge on any atom is -0.317 e. The Balaban J connectivity index is 2.52. The van der Waals surface area contributed by atoms with Crippen LogP contribution in [-0.4, -0.2) is 13.1 Å². The van der Waals surface area contributed by atoms with Crippen LogP contribution in [0.2, 0.25) is 0 Å². The van der Waals surface area contributed by atoms with Gasteiger partial charge in [-0.25, -0.2) is 0 Å². The van der Waals surface area contributed by atoms with Gasteiger partial charge in [-0.15, -0.1) is 0 Å². The van der Waals surface area contributed by atoms with E-state index in [-0.39, 0.29) is 0 Å². The zero-order valence-corrected chi connectivity index (χ0v) is 11.6. The number of benzene rings is 1. The van der Waals surface area contributed by atoms with E-state index in [0.717, 1.165) is 25.9 Å². The number of allylic oxidation sites excluding steroid dienone is 1. The van der Waals surface area contributed by atoms with Crippen molar-refractivity contribution in [3.05, 3.63) is 46.5 Å². The smallest absolute Gasteiger partial charge is 0.00143 e. The monoisotopic (exact) mass is 231 g/mol. The highest BCUT2D eigenvalue weighted by Crippen LogP contribution is 2.13. The molecule has 1 aromatic rings. The molecule has 0 saturated heterocycles. The van der Waals surface area contributed by atoms with Crippen molar-refractivity contribution < 1.29 is 0 Å². The standard InChI is InChI=1S/C16H25N/c1-5-17-8-6-7-13(2)10-16-11-14(3)9-15(4)12-16/h7,9,11-12,17H,5-6,8,10H2,1-4H3. The second-order valence-electron chi connectivity index (χ2n) is 4.87. The molecule has 1 aromatic carbocycles. The predicted molar refractivity (Wildman–Crippen MR) is 76.5 cm³/mol. The Kier molecular flexibility index (Phi) is 5.99. The lowest BCUT2D eigenvalue weighted by molar-refractivity contribution is 0.724. The van der Waals surface area contributed by atoms with E-state index in [1.165, 1.54) is 22.3 Å². The topological polar surface area (TPSA) is 12.0 Å². The minimum absolute atomic E-state index is 1.06. The fraction of sp³-hybridized carbons (Fsp3) is 0.500. The van der Waals surface area contributed by atoms with Crippen LogP contribution in [0.5, 0.6) is 0 Å². The highest BCUT2D eigenvalue weighted by Gasteiger charge is 1.97. The van der Waals surface area contributed by atoms with Gasteiger partial charge in [-0.2, -0.15) is 0 Å². The van der Waals surface area contributed by atoms with Gasteiger partial charge in [0.25, 0.3) is 0 Å². The van der Waals surface area contributed by atoms with E-state index >= 15 is 0 Å². The van der Waals surface area contributed by atoms with Gasteiger partial charge in [0.05, 0.1) is 0 Å². The Labute approximate surface area is 106 Å². The van der Waals surface area contributed by atoms with Crippen molar-refractivity contribution in [1.29, 1.82) is 0 Å². The molecule has 0 heterocycles. The van der Waals surface area contributed by atoms with Gasteiger partial charge in [-0.3, -0.25) is 0 Å². The molecule has 0 unspecified atom stereocenters. The molecule has 17 heavy (non-hydrogen) atoms. The van der Waals surface area contributed by atoms with E-state index in [1.807, 2.05) is 0 Å². The zero-order valence-electron chi connectivity index (χ0n) is 11.6. The number of hydrogen-bond donors (Lipinski definition) is 1. The third-order valence-corrected chi connectivity index (χ3v) is 2.83. The molecular weight excluding hydrogens is 206 g/mol. The van der Waals surface area contributed by atoms with Crippen molar-refractivity contribution in [2.75, 3.05) is 13.1 Å². The lowest BCUT2D eigenvalue weighted by Gasteiger charge is -2.06. The Hall–Kier alpha value is -1.08. The highest BCUT2D eigenvalue weighted by atomic mass is 14.8. The van der Waals surface area contributed by atoms with Crippen LogP contribution in [0.15, 0.2) is 29.8 Å². The quantitative estimate of drug-likeness (QED) is 0.580. The average molecular weight is 231 g/mol. The molecule has 94 valence electrons. The first-order valence-corrected chi connectivity index (χ1v) is 6.55. The molecule has 1 nitrogen and oxygen atoms in total. The lowest BCUT2D eigenvalue weighted by Crippen LogP contribution is -2.13. The molecule has 0 aliphatic carbocycles. The molecule has 0 atom stereocenters. The molecule has 0 aliphatic rings. The maximum atomic E-state index is 3.34. The fourth-order valence-electron chi connectivity index (χ4n) is 2.16. The lowest BCUT2D eigenvalue weighted by atomic mass is 10.0. The molecule has 1 heteroatoms. The van der Waals surface area contributed by atoms with Crippen LogP contribution >= 0.6 is 0 Å². The molecule has 0 saturated carbocycles. The van der Waals surface area contributed by atoms with Gasteiger partial charge in [0.2, 0.25) is 0 Å². The van der Waals surface area contributed by atoms with Crippen molar-refractivity contribution in [1.82, 2.24) is 5.32 Å². The van der Waals surface area contributed by atoms with E-state index in [4.69, 9.17) is 0 Å². The molecule has 1 rings (SSSR count). The summed E-state index contributed by atoms with van der Waals surface area (Å²) in [5.41, 5.74) is 5.62. The van der Waals surface area contributed by atoms with Crippen LogP contribution in [0, 0.1) is 13.8 Å². The molecule has 0 bridgehead atoms. The van der Waals surface area contributed by atoms with Crippen molar-refractivity contribution in [3.8, 4) is 0 Å². The Morgan fingerprint density at radius 1 is 1.18 bits per heavy atom. The van der Waals surface area contributed by atoms with Crippen LogP contribution in [0.1, 0.15) is 37.0 Å². The number of hydrogen-bond acceptors (Lipinski definition) is 1. The Bertz CT molecular complexity index is 357. The predicted octanol–water partition coefficient (Wildman–Crippen LogP) is 3.79. The summed E-state index contributed by atoms with van der Waals surface area (Å²) in [5, 5.41) is 3.34. The first-order valence-electron chi connectivity index (χ1n) is 6.55. The molecule has 0 spiro atoms. The summed E-state index contributed by atoms with van der Waals surface area (Å²) in [7, 11) is 0. The summed E-state index contributed by atoms with van der Waals surface area (Å²) < 4.78 is 0. The summed E-state index contributed by atoms with van der Waals surface area (Å²) in [5.74, 6) is 0. The third-order valence-electron chi connectivity index (χ3n) is 2.83. The molecule has 0 aromatic heterocycles. The summed E-state index contributed by atoms with van der Waals surface area (Å²) >= 11 is 0. The Morgan fingerprint density at radius 3 is 2.41 bits per heavy atom. The van der Waals surface area contributed by atoms with Crippen LogP contribution in [0.25, 0.3) is 0 Å². The van der Waals surface area contributed by atoms with Gasteiger partial charge in [-0.05, 0) is 52.3 Å². The molecule has 0 fully saturated rings. The van der Waals surface area contributed by atoms with E-state index < -0.39 is 0 Å². The van der Waals surface area contributed by atoms with E-state index in [1.54, 1.807) is 0 Å². The second-order valence-corrected chi connectivity index (χ2v) is 4.87. The van der Waals surface area contributed by atoms with Gasteiger partial charge >= 0.3 is 0 Å². The van der Waals surface area contributed by atoms with E-state index in [9.17, 15) is 0 Å². The molecule has 0 aliphatic heterocycles. The van der Waals surface area contributed by atoms with Gasteiger partial charge in [0, 0.05) is 0 Å². The summed E-state index contributed by atoms with van der Waals surface area (Å²) in [4.78, 5) is 0. The summed E-state index contributed by atoms with van der Waals surface area (Å²) in [6.07, 6.45) is 4.56. The summed E-state index contributed by atoms with van der Waals surface area (Å²) in [6.45, 7) is 10.8. The fourth-order valence-corrected chi connectivity index (χ4v) is 2.16. The van der Waals surface area contributed by atoms with Crippen LogP contribution < -0.4 is 5.32 Å².